The topological polar surface area (TPSA) is 35.2 Å². The van der Waals surface area contributed by atoms with E-state index in [1.807, 2.05) is 24.3 Å². The van der Waals surface area contributed by atoms with Crippen molar-refractivity contribution in [3.05, 3.63) is 63.6 Å². The first-order valence-electron chi connectivity index (χ1n) is 6.48. The first kappa shape index (κ1) is 12.7. The van der Waals surface area contributed by atoms with Crippen molar-refractivity contribution in [1.82, 2.24) is 0 Å². The SMILES string of the molecule is N[C@H]1CCc2cc(OCc3ccccc3Br)ccc21. The normalized spacial score (nSPS) is 17.3. The fourth-order valence-electron chi connectivity index (χ4n) is 2.49. The Bertz CT molecular complexity index is 597. The summed E-state index contributed by atoms with van der Waals surface area (Å²) in [6, 6.07) is 14.6. The summed E-state index contributed by atoms with van der Waals surface area (Å²) >= 11 is 3.53. The Hall–Kier alpha value is -1.32. The van der Waals surface area contributed by atoms with Crippen LogP contribution in [-0.2, 0) is 13.0 Å². The van der Waals surface area contributed by atoms with Gasteiger partial charge in [0.05, 0.1) is 0 Å². The van der Waals surface area contributed by atoms with Gasteiger partial charge in [0.1, 0.15) is 12.4 Å². The van der Waals surface area contributed by atoms with E-state index in [0.717, 1.165) is 28.6 Å². The van der Waals surface area contributed by atoms with Crippen LogP contribution in [0.3, 0.4) is 0 Å². The van der Waals surface area contributed by atoms with Crippen molar-refractivity contribution in [1.29, 1.82) is 0 Å². The summed E-state index contributed by atoms with van der Waals surface area (Å²) in [7, 11) is 0. The highest BCUT2D eigenvalue weighted by molar-refractivity contribution is 9.10. The molecule has 2 N–H and O–H groups in total. The van der Waals surface area contributed by atoms with E-state index in [-0.39, 0.29) is 6.04 Å². The number of hydrogen-bond donors (Lipinski definition) is 1. The Kier molecular flexibility index (Phi) is 3.58. The van der Waals surface area contributed by atoms with Gasteiger partial charge >= 0.3 is 0 Å². The fourth-order valence-corrected chi connectivity index (χ4v) is 2.89. The molecule has 3 heteroatoms. The lowest BCUT2D eigenvalue weighted by atomic mass is 10.1. The molecular formula is C16H16BrNO. The smallest absolute Gasteiger partial charge is 0.120 e. The minimum absolute atomic E-state index is 0.201. The fraction of sp³-hybridized carbons (Fsp3) is 0.250. The summed E-state index contributed by atoms with van der Waals surface area (Å²) in [5, 5.41) is 0. The molecule has 0 saturated heterocycles. The molecule has 0 spiro atoms. The Morgan fingerprint density at radius 2 is 2.05 bits per heavy atom. The van der Waals surface area contributed by atoms with E-state index in [0.29, 0.717) is 6.61 Å². The molecule has 3 rings (SSSR count). The second kappa shape index (κ2) is 5.35. The third kappa shape index (κ3) is 2.67. The van der Waals surface area contributed by atoms with Crippen LogP contribution in [0.2, 0.25) is 0 Å². The van der Waals surface area contributed by atoms with Gasteiger partial charge in [-0.25, -0.2) is 0 Å². The highest BCUT2D eigenvalue weighted by atomic mass is 79.9. The standard InChI is InChI=1S/C16H16BrNO/c17-15-4-2-1-3-12(15)10-19-13-6-7-14-11(9-13)5-8-16(14)18/h1-4,6-7,9,16H,5,8,10,18H2/t16-/m0/s1. The van der Waals surface area contributed by atoms with Gasteiger partial charge in [0.15, 0.2) is 0 Å². The summed E-state index contributed by atoms with van der Waals surface area (Å²) < 4.78 is 6.94. The average Bonchev–Trinajstić information content (AvgIpc) is 2.79. The van der Waals surface area contributed by atoms with Gasteiger partial charge < -0.3 is 10.5 Å². The van der Waals surface area contributed by atoms with Gasteiger partial charge in [-0.05, 0) is 42.2 Å². The van der Waals surface area contributed by atoms with Crippen molar-refractivity contribution in [2.45, 2.75) is 25.5 Å². The lowest BCUT2D eigenvalue weighted by Gasteiger charge is -2.10. The molecule has 98 valence electrons. The number of hydrogen-bond acceptors (Lipinski definition) is 2. The lowest BCUT2D eigenvalue weighted by Crippen LogP contribution is -2.05. The Balaban J connectivity index is 1.73. The average molecular weight is 318 g/mol. The minimum Gasteiger partial charge on any atom is -0.489 e. The number of nitrogens with two attached hydrogens (primary N) is 1. The third-order valence-corrected chi connectivity index (χ3v) is 4.36. The number of aryl methyl sites for hydroxylation is 1. The summed E-state index contributed by atoms with van der Waals surface area (Å²) in [5.74, 6) is 0.920. The van der Waals surface area contributed by atoms with Crippen molar-refractivity contribution in [3.63, 3.8) is 0 Å². The van der Waals surface area contributed by atoms with Gasteiger partial charge in [0, 0.05) is 16.1 Å². The molecule has 0 aromatic heterocycles. The molecule has 0 fully saturated rings. The number of fused-ring (bicyclic) bond motifs is 1. The molecule has 2 aromatic carbocycles. The van der Waals surface area contributed by atoms with Crippen LogP contribution in [0.25, 0.3) is 0 Å². The molecule has 2 aromatic rings. The first-order valence-corrected chi connectivity index (χ1v) is 7.28. The molecule has 0 bridgehead atoms. The molecule has 0 aliphatic heterocycles. The zero-order valence-electron chi connectivity index (χ0n) is 10.6. The maximum Gasteiger partial charge on any atom is 0.120 e. The Morgan fingerprint density at radius 3 is 2.89 bits per heavy atom. The molecule has 19 heavy (non-hydrogen) atoms. The molecule has 1 aliphatic rings. The summed E-state index contributed by atoms with van der Waals surface area (Å²) in [4.78, 5) is 0. The predicted octanol–water partition coefficient (Wildman–Crippen LogP) is 3.97. The highest BCUT2D eigenvalue weighted by Gasteiger charge is 2.19. The van der Waals surface area contributed by atoms with E-state index < -0.39 is 0 Å². The van der Waals surface area contributed by atoms with Crippen LogP contribution in [0.4, 0.5) is 0 Å². The molecule has 1 atom stereocenters. The molecule has 2 nitrogen and oxygen atoms in total. The second-order valence-corrected chi connectivity index (χ2v) is 5.74. The van der Waals surface area contributed by atoms with E-state index in [1.165, 1.54) is 11.1 Å². The molecule has 1 aliphatic carbocycles. The summed E-state index contributed by atoms with van der Waals surface area (Å²) in [6.07, 6.45) is 2.10. The van der Waals surface area contributed by atoms with E-state index >= 15 is 0 Å². The van der Waals surface area contributed by atoms with E-state index in [4.69, 9.17) is 10.5 Å². The molecule has 0 amide bonds. The number of rotatable bonds is 3. The third-order valence-electron chi connectivity index (χ3n) is 3.59. The van der Waals surface area contributed by atoms with Crippen LogP contribution < -0.4 is 10.5 Å². The van der Waals surface area contributed by atoms with Gasteiger partial charge in [0.25, 0.3) is 0 Å². The molecule has 0 heterocycles. The first-order chi connectivity index (χ1) is 9.24. The van der Waals surface area contributed by atoms with E-state index in [2.05, 4.69) is 34.1 Å². The van der Waals surface area contributed by atoms with Crippen molar-refractivity contribution < 1.29 is 4.74 Å². The maximum atomic E-state index is 6.03. The van der Waals surface area contributed by atoms with Crippen molar-refractivity contribution >= 4 is 15.9 Å². The monoisotopic (exact) mass is 317 g/mol. The van der Waals surface area contributed by atoms with Crippen molar-refractivity contribution in [2.24, 2.45) is 5.73 Å². The molecule has 0 radical (unpaired) electrons. The Labute approximate surface area is 121 Å². The van der Waals surface area contributed by atoms with Crippen LogP contribution >= 0.6 is 15.9 Å². The second-order valence-electron chi connectivity index (χ2n) is 4.89. The van der Waals surface area contributed by atoms with E-state index in [1.54, 1.807) is 0 Å². The minimum atomic E-state index is 0.201. The summed E-state index contributed by atoms with van der Waals surface area (Å²) in [5.41, 5.74) is 9.79. The van der Waals surface area contributed by atoms with Gasteiger partial charge in [-0.1, -0.05) is 40.2 Å². The van der Waals surface area contributed by atoms with Crippen molar-refractivity contribution in [3.8, 4) is 5.75 Å². The van der Waals surface area contributed by atoms with Crippen molar-refractivity contribution in [2.75, 3.05) is 0 Å². The predicted molar refractivity (Wildman–Crippen MR) is 80.2 cm³/mol. The maximum absolute atomic E-state index is 6.03. The lowest BCUT2D eigenvalue weighted by molar-refractivity contribution is 0.305. The zero-order chi connectivity index (χ0) is 13.2. The van der Waals surface area contributed by atoms with E-state index in [9.17, 15) is 0 Å². The zero-order valence-corrected chi connectivity index (χ0v) is 12.2. The number of benzene rings is 2. The molecule has 0 saturated carbocycles. The number of ether oxygens (including phenoxy) is 1. The molecule has 0 unspecified atom stereocenters. The quantitative estimate of drug-likeness (QED) is 0.929. The molecular weight excluding hydrogens is 302 g/mol. The van der Waals surface area contributed by atoms with Crippen LogP contribution in [-0.4, -0.2) is 0 Å². The highest BCUT2D eigenvalue weighted by Crippen LogP contribution is 2.32. The van der Waals surface area contributed by atoms with Crippen LogP contribution in [0.5, 0.6) is 5.75 Å². The van der Waals surface area contributed by atoms with Gasteiger partial charge in [-0.15, -0.1) is 0 Å². The summed E-state index contributed by atoms with van der Waals surface area (Å²) in [6.45, 7) is 0.576. The van der Waals surface area contributed by atoms with Gasteiger partial charge in [-0.2, -0.15) is 0 Å². The van der Waals surface area contributed by atoms with Crippen LogP contribution in [0.1, 0.15) is 29.2 Å². The van der Waals surface area contributed by atoms with Crippen LogP contribution in [0.15, 0.2) is 46.9 Å². The van der Waals surface area contributed by atoms with Crippen LogP contribution in [0, 0.1) is 0 Å². The largest absolute Gasteiger partial charge is 0.489 e. The van der Waals surface area contributed by atoms with Gasteiger partial charge in [0.2, 0.25) is 0 Å². The number of halogens is 1. The Morgan fingerprint density at radius 1 is 1.21 bits per heavy atom. The van der Waals surface area contributed by atoms with Gasteiger partial charge in [-0.3, -0.25) is 0 Å².